The van der Waals surface area contributed by atoms with E-state index in [1.54, 1.807) is 0 Å². The number of hydrogen-bond donors (Lipinski definition) is 1. The first kappa shape index (κ1) is 19.7. The summed E-state index contributed by atoms with van der Waals surface area (Å²) in [5.74, 6) is -0.137. The molecule has 0 saturated carbocycles. The van der Waals surface area contributed by atoms with Crippen molar-refractivity contribution >= 4 is 56.2 Å². The van der Waals surface area contributed by atoms with Crippen molar-refractivity contribution in [3.8, 4) is 0 Å². The first-order valence-electron chi connectivity index (χ1n) is 9.39. The average molecular weight is 428 g/mol. The van der Waals surface area contributed by atoms with Crippen LogP contribution >= 0.6 is 23.1 Å². The number of anilines is 1. The van der Waals surface area contributed by atoms with Crippen molar-refractivity contribution in [3.05, 3.63) is 29.3 Å². The number of rotatable bonds is 6. The number of amides is 1. The minimum atomic E-state index is -0.352. The molecular formula is C19H21N7OS2. The van der Waals surface area contributed by atoms with Crippen LogP contribution in [0.15, 0.2) is 29.4 Å². The minimum absolute atomic E-state index is 0.137. The molecule has 4 rings (SSSR count). The molecule has 3 heterocycles. The molecule has 0 aliphatic carbocycles. The normalized spacial score (nSPS) is 12.7. The van der Waals surface area contributed by atoms with Crippen LogP contribution in [0, 0.1) is 6.92 Å². The van der Waals surface area contributed by atoms with Gasteiger partial charge in [-0.05, 0) is 33.3 Å². The number of aromatic nitrogens is 6. The van der Waals surface area contributed by atoms with Gasteiger partial charge in [0, 0.05) is 11.4 Å². The summed E-state index contributed by atoms with van der Waals surface area (Å²) in [6, 6.07) is 8.32. The van der Waals surface area contributed by atoms with Crippen LogP contribution in [-0.4, -0.2) is 41.1 Å². The third-order valence-corrected chi connectivity index (χ3v) is 6.45. The fraction of sp³-hybridized carbons (Fsp3) is 0.368. The van der Waals surface area contributed by atoms with Gasteiger partial charge in [-0.2, -0.15) is 0 Å². The van der Waals surface area contributed by atoms with Crippen LogP contribution in [-0.2, 0) is 4.79 Å². The Balaban J connectivity index is 1.65. The van der Waals surface area contributed by atoms with E-state index in [1.165, 1.54) is 23.1 Å². The lowest BCUT2D eigenvalue weighted by Crippen LogP contribution is -2.24. The molecule has 0 saturated heterocycles. The number of carbonyl (C=O) groups is 1. The molecule has 1 N–H and O–H groups in total. The Bertz CT molecular complexity index is 1180. The van der Waals surface area contributed by atoms with Crippen LogP contribution in [0.25, 0.3) is 22.1 Å². The maximum atomic E-state index is 12.7. The Hall–Kier alpha value is -2.59. The Morgan fingerprint density at radius 2 is 2.00 bits per heavy atom. The molecule has 1 unspecified atom stereocenters. The van der Waals surface area contributed by atoms with Crippen LogP contribution in [0.2, 0.25) is 0 Å². The molecule has 1 atom stereocenters. The quantitative estimate of drug-likeness (QED) is 0.460. The maximum absolute atomic E-state index is 12.7. The summed E-state index contributed by atoms with van der Waals surface area (Å²) >= 11 is 2.66. The van der Waals surface area contributed by atoms with E-state index in [4.69, 9.17) is 4.98 Å². The lowest BCUT2D eigenvalue weighted by Gasteiger charge is -2.13. The first-order valence-corrected chi connectivity index (χ1v) is 11.1. The van der Waals surface area contributed by atoms with E-state index in [9.17, 15) is 4.79 Å². The molecule has 0 bridgehead atoms. The summed E-state index contributed by atoms with van der Waals surface area (Å²) in [7, 11) is 0. The third-order valence-electron chi connectivity index (χ3n) is 4.48. The van der Waals surface area contributed by atoms with Crippen LogP contribution in [0.1, 0.15) is 38.2 Å². The lowest BCUT2D eigenvalue weighted by atomic mass is 10.2. The second kappa shape index (κ2) is 8.03. The van der Waals surface area contributed by atoms with E-state index < -0.39 is 0 Å². The lowest BCUT2D eigenvalue weighted by molar-refractivity contribution is -0.115. The molecular weight excluding hydrogens is 406 g/mol. The van der Waals surface area contributed by atoms with Crippen LogP contribution < -0.4 is 5.32 Å². The zero-order valence-corrected chi connectivity index (χ0v) is 18.2. The van der Waals surface area contributed by atoms with Gasteiger partial charge in [0.15, 0.2) is 5.65 Å². The highest BCUT2D eigenvalue weighted by molar-refractivity contribution is 8.00. The predicted octanol–water partition coefficient (Wildman–Crippen LogP) is 4.23. The average Bonchev–Trinajstić information content (AvgIpc) is 3.26. The van der Waals surface area contributed by atoms with Crippen molar-refractivity contribution in [3.63, 3.8) is 0 Å². The Kier molecular flexibility index (Phi) is 5.46. The van der Waals surface area contributed by atoms with Crippen LogP contribution in [0.3, 0.4) is 0 Å². The number of hydrogen-bond acceptors (Lipinski definition) is 8. The van der Waals surface area contributed by atoms with E-state index in [2.05, 4.69) is 50.2 Å². The summed E-state index contributed by atoms with van der Waals surface area (Å²) in [5, 5.41) is 21.9. The molecule has 0 fully saturated rings. The highest BCUT2D eigenvalue weighted by atomic mass is 32.2. The molecule has 4 aromatic rings. The smallest absolute Gasteiger partial charge is 0.239 e. The molecule has 0 spiro atoms. The number of benzene rings is 1. The first-order chi connectivity index (χ1) is 14.0. The maximum Gasteiger partial charge on any atom is 0.239 e. The van der Waals surface area contributed by atoms with Gasteiger partial charge in [0.1, 0.15) is 10.5 Å². The molecule has 3 aromatic heterocycles. The fourth-order valence-corrected chi connectivity index (χ4v) is 4.61. The second-order valence-corrected chi connectivity index (χ2v) is 9.23. The summed E-state index contributed by atoms with van der Waals surface area (Å²) in [6.45, 7) is 8.04. The van der Waals surface area contributed by atoms with Gasteiger partial charge < -0.3 is 4.57 Å². The molecule has 10 heteroatoms. The van der Waals surface area contributed by atoms with Gasteiger partial charge in [0.05, 0.1) is 10.8 Å². The van der Waals surface area contributed by atoms with Gasteiger partial charge in [-0.1, -0.05) is 48.2 Å². The van der Waals surface area contributed by atoms with Crippen molar-refractivity contribution in [1.82, 2.24) is 29.9 Å². The van der Waals surface area contributed by atoms with Gasteiger partial charge in [-0.3, -0.25) is 10.1 Å². The van der Waals surface area contributed by atoms with Gasteiger partial charge in [0.2, 0.25) is 16.2 Å². The highest BCUT2D eigenvalue weighted by Gasteiger charge is 2.23. The van der Waals surface area contributed by atoms with E-state index in [0.29, 0.717) is 16.7 Å². The molecule has 0 aliphatic rings. The van der Waals surface area contributed by atoms with Crippen LogP contribution in [0.4, 0.5) is 5.13 Å². The zero-order chi connectivity index (χ0) is 20.5. The number of aryl methyl sites for hydroxylation is 1. The van der Waals surface area contributed by atoms with Gasteiger partial charge in [-0.25, -0.2) is 4.98 Å². The van der Waals surface area contributed by atoms with E-state index in [1.807, 2.05) is 32.0 Å². The zero-order valence-electron chi connectivity index (χ0n) is 16.6. The number of para-hydroxylation sites is 1. The SMILES string of the molecule is CCC(Sc1nnc2c3ccccc3n(C(C)C)c2n1)C(=O)Nc1nnc(C)s1. The third kappa shape index (κ3) is 3.82. The summed E-state index contributed by atoms with van der Waals surface area (Å²) < 4.78 is 2.16. The second-order valence-electron chi connectivity index (χ2n) is 6.88. The number of thioether (sulfide) groups is 1. The Labute approximate surface area is 176 Å². The summed E-state index contributed by atoms with van der Waals surface area (Å²) in [6.07, 6.45) is 0.628. The number of nitrogens with zero attached hydrogens (tertiary/aromatic N) is 6. The van der Waals surface area contributed by atoms with Crippen molar-refractivity contribution in [1.29, 1.82) is 0 Å². The van der Waals surface area contributed by atoms with Crippen molar-refractivity contribution in [2.45, 2.75) is 50.6 Å². The standard InChI is InChI=1S/C19H21N7OS2/c1-5-14(17(27)21-19-24-22-11(4)28-19)29-18-20-16-15(23-25-18)12-8-6-7-9-13(12)26(16)10(2)3/h6-10,14H,5H2,1-4H3,(H,21,24,27). The van der Waals surface area contributed by atoms with E-state index in [0.717, 1.165) is 27.1 Å². The van der Waals surface area contributed by atoms with Crippen molar-refractivity contribution in [2.75, 3.05) is 5.32 Å². The van der Waals surface area contributed by atoms with Gasteiger partial charge in [-0.15, -0.1) is 20.4 Å². The predicted molar refractivity (Wildman–Crippen MR) is 116 cm³/mol. The van der Waals surface area contributed by atoms with E-state index >= 15 is 0 Å². The number of fused-ring (bicyclic) bond motifs is 3. The molecule has 0 aliphatic heterocycles. The van der Waals surface area contributed by atoms with Crippen LogP contribution in [0.5, 0.6) is 0 Å². The fourth-order valence-electron chi connectivity index (χ4n) is 3.20. The topological polar surface area (TPSA) is 98.5 Å². The molecule has 150 valence electrons. The molecule has 29 heavy (non-hydrogen) atoms. The molecule has 0 radical (unpaired) electrons. The summed E-state index contributed by atoms with van der Waals surface area (Å²) in [5.41, 5.74) is 2.65. The molecule has 1 aromatic carbocycles. The van der Waals surface area contributed by atoms with Gasteiger partial charge >= 0.3 is 0 Å². The monoisotopic (exact) mass is 427 g/mol. The minimum Gasteiger partial charge on any atom is -0.321 e. The molecule has 1 amide bonds. The summed E-state index contributed by atoms with van der Waals surface area (Å²) in [4.78, 5) is 17.4. The number of nitrogens with one attached hydrogen (secondary N) is 1. The van der Waals surface area contributed by atoms with E-state index in [-0.39, 0.29) is 17.2 Å². The molecule has 8 nitrogen and oxygen atoms in total. The Morgan fingerprint density at radius 1 is 1.21 bits per heavy atom. The number of carbonyl (C=O) groups excluding carboxylic acids is 1. The van der Waals surface area contributed by atoms with Crippen molar-refractivity contribution in [2.24, 2.45) is 0 Å². The largest absolute Gasteiger partial charge is 0.321 e. The van der Waals surface area contributed by atoms with Gasteiger partial charge in [0.25, 0.3) is 0 Å². The van der Waals surface area contributed by atoms with Crippen molar-refractivity contribution < 1.29 is 4.79 Å². The Morgan fingerprint density at radius 3 is 2.69 bits per heavy atom. The highest BCUT2D eigenvalue weighted by Crippen LogP contribution is 2.31.